The summed E-state index contributed by atoms with van der Waals surface area (Å²) in [7, 11) is 0. The number of β-lactam (4-membered cyclic amide) rings is 1. The van der Waals surface area contributed by atoms with Crippen molar-refractivity contribution in [3.8, 4) is 0 Å². The number of nitro groups is 1. The van der Waals surface area contributed by atoms with Gasteiger partial charge in [0.25, 0.3) is 5.69 Å². The number of fused-ring (bicyclic) bond motifs is 2. The number of carbonyl (C=O) groups excluding carboxylic acids is 2. The predicted molar refractivity (Wildman–Crippen MR) is 128 cm³/mol. The van der Waals surface area contributed by atoms with Crippen molar-refractivity contribution < 1.29 is 29.5 Å². The van der Waals surface area contributed by atoms with E-state index in [4.69, 9.17) is 0 Å². The van der Waals surface area contributed by atoms with Crippen LogP contribution in [0.25, 0.3) is 10.4 Å². The highest BCUT2D eigenvalue weighted by Crippen LogP contribution is 2.52. The Kier molecular flexibility index (Phi) is 5.72. The molecule has 5 rings (SSSR count). The molecule has 36 heavy (non-hydrogen) atoms. The molecule has 3 aromatic rings. The van der Waals surface area contributed by atoms with Gasteiger partial charge >= 0.3 is 5.97 Å². The average molecular weight is 511 g/mol. The summed E-state index contributed by atoms with van der Waals surface area (Å²) in [6.07, 6.45) is 2.79. The molecule has 1 amide bonds. The number of hydrogen-bond donors (Lipinski definition) is 2. The van der Waals surface area contributed by atoms with Gasteiger partial charge in [0.2, 0.25) is 5.91 Å². The molecule has 1 unspecified atom stereocenters. The number of rotatable bonds is 8. The third-order valence-corrected chi connectivity index (χ3v) is 8.00. The van der Waals surface area contributed by atoms with Crippen molar-refractivity contribution in [1.29, 1.82) is 0 Å². The van der Waals surface area contributed by atoms with Crippen molar-refractivity contribution in [3.63, 3.8) is 0 Å². The van der Waals surface area contributed by atoms with Crippen molar-refractivity contribution in [2.24, 2.45) is 11.8 Å². The number of nitro benzene ring substituents is 1. The summed E-state index contributed by atoms with van der Waals surface area (Å²) in [4.78, 5) is 54.9. The van der Waals surface area contributed by atoms with Crippen LogP contribution >= 0.6 is 11.3 Å². The molecule has 0 bridgehead atoms. The lowest BCUT2D eigenvalue weighted by molar-refractivity contribution is -0.384. The van der Waals surface area contributed by atoms with Gasteiger partial charge in [-0.1, -0.05) is 19.1 Å². The second-order valence-electron chi connectivity index (χ2n) is 8.94. The fourth-order valence-corrected chi connectivity index (χ4v) is 6.42. The molecule has 0 aliphatic carbocycles. The lowest BCUT2D eigenvalue weighted by Crippen LogP contribution is -2.64. The molecule has 1 fully saturated rings. The zero-order valence-electron chi connectivity index (χ0n) is 19.3. The van der Waals surface area contributed by atoms with E-state index in [0.29, 0.717) is 27.4 Å². The molecular weight excluding hydrogens is 488 g/mol. The van der Waals surface area contributed by atoms with Crippen molar-refractivity contribution >= 4 is 45.1 Å². The minimum atomic E-state index is -1.26. The highest BCUT2D eigenvalue weighted by Gasteiger charge is 2.61. The third-order valence-electron chi connectivity index (χ3n) is 6.85. The number of aliphatic carboxylic acids is 1. The van der Waals surface area contributed by atoms with E-state index in [1.807, 2.05) is 0 Å². The van der Waals surface area contributed by atoms with Gasteiger partial charge < -0.3 is 15.1 Å². The fraction of sp³-hybridized carbons (Fsp3) is 0.333. The van der Waals surface area contributed by atoms with Crippen molar-refractivity contribution in [1.82, 2.24) is 14.3 Å². The van der Waals surface area contributed by atoms with Gasteiger partial charge in [-0.15, -0.1) is 11.3 Å². The Hall–Kier alpha value is -3.90. The molecule has 0 radical (unpaired) electrons. The first kappa shape index (κ1) is 23.8. The summed E-state index contributed by atoms with van der Waals surface area (Å²) in [5, 5.41) is 31.5. The van der Waals surface area contributed by atoms with Gasteiger partial charge in [-0.3, -0.25) is 24.1 Å². The zero-order chi connectivity index (χ0) is 25.9. The molecule has 1 aromatic carbocycles. The molecule has 2 aliphatic heterocycles. The first-order valence-corrected chi connectivity index (χ1v) is 12.2. The molecule has 1 saturated heterocycles. The van der Waals surface area contributed by atoms with Crippen molar-refractivity contribution in [2.45, 2.75) is 38.8 Å². The highest BCUT2D eigenvalue weighted by atomic mass is 32.1. The Labute approximate surface area is 208 Å². The first-order chi connectivity index (χ1) is 17.1. The number of hydrogen-bond acceptors (Lipinski definition) is 8. The molecule has 2 N–H and O–H groups in total. The van der Waals surface area contributed by atoms with Gasteiger partial charge in [-0.05, 0) is 18.9 Å². The van der Waals surface area contributed by atoms with Gasteiger partial charge in [0, 0.05) is 36.2 Å². The topological polar surface area (TPSA) is 155 Å². The van der Waals surface area contributed by atoms with Crippen LogP contribution in [0.1, 0.15) is 41.2 Å². The maximum Gasteiger partial charge on any atom is 0.352 e. The van der Waals surface area contributed by atoms with Gasteiger partial charge in [-0.2, -0.15) is 0 Å². The number of carboxylic acids is 1. The number of thiazole rings is 1. The fourth-order valence-electron chi connectivity index (χ4n) is 5.22. The van der Waals surface area contributed by atoms with Crippen LogP contribution in [-0.2, 0) is 16.0 Å². The number of carboxylic acid groups (broad SMARTS) is 1. The first-order valence-electron chi connectivity index (χ1n) is 11.4. The van der Waals surface area contributed by atoms with E-state index in [0.717, 1.165) is 5.56 Å². The van der Waals surface area contributed by atoms with Crippen LogP contribution in [0.2, 0.25) is 0 Å². The summed E-state index contributed by atoms with van der Waals surface area (Å²) in [6.45, 7) is 3.24. The zero-order valence-corrected chi connectivity index (χ0v) is 20.1. The van der Waals surface area contributed by atoms with E-state index in [1.165, 1.54) is 41.6 Å². The van der Waals surface area contributed by atoms with Crippen LogP contribution in [0.3, 0.4) is 0 Å². The predicted octanol–water partition coefficient (Wildman–Crippen LogP) is 2.77. The number of aromatic nitrogens is 2. The number of non-ortho nitro benzene ring substituents is 1. The lowest BCUT2D eigenvalue weighted by atomic mass is 9.74. The summed E-state index contributed by atoms with van der Waals surface area (Å²) in [5.74, 6) is -3.12. The molecule has 2 aromatic heterocycles. The van der Waals surface area contributed by atoms with Gasteiger partial charge in [0.05, 0.1) is 27.9 Å². The maximum absolute atomic E-state index is 12.9. The maximum atomic E-state index is 12.9. The van der Waals surface area contributed by atoms with Crippen LogP contribution in [0.15, 0.2) is 42.5 Å². The molecule has 11 nitrogen and oxygen atoms in total. The van der Waals surface area contributed by atoms with Crippen LogP contribution in [0, 0.1) is 22.0 Å². The summed E-state index contributed by atoms with van der Waals surface area (Å²) in [6, 6.07) is 5.40. The minimum Gasteiger partial charge on any atom is -0.477 e. The molecule has 2 aliphatic rings. The van der Waals surface area contributed by atoms with E-state index in [1.54, 1.807) is 29.7 Å². The van der Waals surface area contributed by atoms with Crippen LogP contribution in [-0.4, -0.2) is 59.2 Å². The Morgan fingerprint density at radius 3 is 2.56 bits per heavy atom. The second kappa shape index (κ2) is 8.64. The molecule has 4 atom stereocenters. The number of nitrogens with zero attached hydrogens (tertiary/aromatic N) is 4. The highest BCUT2D eigenvalue weighted by molar-refractivity contribution is 7.18. The Morgan fingerprint density at radius 1 is 1.28 bits per heavy atom. The van der Waals surface area contributed by atoms with Gasteiger partial charge in [-0.25, -0.2) is 9.78 Å². The van der Waals surface area contributed by atoms with Crippen LogP contribution < -0.4 is 0 Å². The number of ketones is 1. The van der Waals surface area contributed by atoms with E-state index < -0.39 is 40.8 Å². The summed E-state index contributed by atoms with van der Waals surface area (Å²) >= 11 is 1.22. The smallest absolute Gasteiger partial charge is 0.352 e. The summed E-state index contributed by atoms with van der Waals surface area (Å²) < 4.78 is 1.67. The van der Waals surface area contributed by atoms with Gasteiger partial charge in [0.1, 0.15) is 22.5 Å². The largest absolute Gasteiger partial charge is 0.477 e. The number of benzene rings is 1. The van der Waals surface area contributed by atoms with E-state index >= 15 is 0 Å². The average Bonchev–Trinajstić information content (AvgIpc) is 3.48. The Balaban J connectivity index is 1.64. The van der Waals surface area contributed by atoms with Crippen LogP contribution in [0.4, 0.5) is 5.69 Å². The molecule has 186 valence electrons. The number of carbonyl (C=O) groups is 3. The van der Waals surface area contributed by atoms with E-state index in [2.05, 4.69) is 4.98 Å². The quantitative estimate of drug-likeness (QED) is 0.203. The van der Waals surface area contributed by atoms with Crippen LogP contribution in [0.5, 0.6) is 0 Å². The SMILES string of the molecule is CCC(=O)c1ncn2cc(C3=C(C(=O)O)N4C(=O)[C@H]([C@@H](C)O)[C@H]4C3Cc3ccc([N+](=O)[O-])cc3)sc12. The molecule has 12 heteroatoms. The monoisotopic (exact) mass is 510 g/mol. The lowest BCUT2D eigenvalue weighted by Gasteiger charge is -2.47. The van der Waals surface area contributed by atoms with E-state index in [9.17, 15) is 34.7 Å². The third kappa shape index (κ3) is 3.52. The number of aliphatic hydroxyl groups excluding tert-OH is 1. The minimum absolute atomic E-state index is 0.0662. The van der Waals surface area contributed by atoms with E-state index in [-0.39, 0.29) is 23.6 Å². The summed E-state index contributed by atoms with van der Waals surface area (Å²) in [5.41, 5.74) is 1.26. The molecule has 4 heterocycles. The second-order valence-corrected chi connectivity index (χ2v) is 9.98. The molecule has 0 spiro atoms. The van der Waals surface area contributed by atoms with Crippen molar-refractivity contribution in [3.05, 3.63) is 68.7 Å². The Bertz CT molecular complexity index is 1450. The number of amides is 1. The normalized spacial score (nSPS) is 22.0. The molecular formula is C24H22N4O7S. The number of Topliss-reactive ketones (excluding diaryl/α,β-unsaturated/α-hetero) is 1. The number of aliphatic hydroxyl groups is 1. The number of imidazole rings is 1. The van der Waals surface area contributed by atoms with Gasteiger partial charge in [0.15, 0.2) is 5.78 Å². The molecule has 0 saturated carbocycles. The standard InChI is InChI=1S/C24H22N4O7S/c1-3-15(30)19-23-26(10-25-19)9-16(36-23)18-14(8-12-4-6-13(7-5-12)28(34)35)20-17(11(2)29)22(31)27(20)21(18)24(32)33/h4-7,9-11,14,17,20,29H,3,8H2,1-2H3,(H,32,33)/t11-,14?,17-,20-/m1/s1. The van der Waals surface area contributed by atoms with Crippen molar-refractivity contribution in [2.75, 3.05) is 0 Å². The Morgan fingerprint density at radius 2 is 1.97 bits per heavy atom.